The SMILES string of the molecule is CCCCCCCC(=O)OC(=O)[C@H](C)N.[K]. The van der Waals surface area contributed by atoms with Crippen LogP contribution in [-0.4, -0.2) is 69.4 Å². The molecule has 2 N–H and O–H groups in total. The molecule has 0 saturated heterocycles. The van der Waals surface area contributed by atoms with E-state index >= 15 is 0 Å². The molecule has 0 aliphatic carbocycles. The zero-order chi connectivity index (χ0) is 11.7. The zero-order valence-corrected chi connectivity index (χ0v) is 13.7. The number of unbranched alkanes of at least 4 members (excludes halogenated alkanes) is 4. The molecule has 0 aromatic carbocycles. The largest absolute Gasteiger partial charge is 0.392 e. The summed E-state index contributed by atoms with van der Waals surface area (Å²) < 4.78 is 4.52. The van der Waals surface area contributed by atoms with Crippen molar-refractivity contribution in [2.75, 3.05) is 0 Å². The maximum Gasteiger partial charge on any atom is 0.330 e. The van der Waals surface area contributed by atoms with Gasteiger partial charge in [0.25, 0.3) is 0 Å². The van der Waals surface area contributed by atoms with Crippen LogP contribution >= 0.6 is 0 Å². The molecule has 0 saturated carbocycles. The smallest absolute Gasteiger partial charge is 0.330 e. The fraction of sp³-hybridized carbons (Fsp3) is 0.818. The van der Waals surface area contributed by atoms with Gasteiger partial charge in [0.05, 0.1) is 0 Å². The molecular formula is C11H21KNO3. The summed E-state index contributed by atoms with van der Waals surface area (Å²) >= 11 is 0. The molecule has 0 fully saturated rings. The van der Waals surface area contributed by atoms with Gasteiger partial charge in [-0.15, -0.1) is 0 Å². The molecule has 4 nitrogen and oxygen atoms in total. The van der Waals surface area contributed by atoms with Crippen molar-refractivity contribution in [1.29, 1.82) is 0 Å². The molecule has 89 valence electrons. The van der Waals surface area contributed by atoms with Crippen molar-refractivity contribution in [3.8, 4) is 0 Å². The molecular weight excluding hydrogens is 233 g/mol. The summed E-state index contributed by atoms with van der Waals surface area (Å²) in [5.41, 5.74) is 5.25. The van der Waals surface area contributed by atoms with Crippen molar-refractivity contribution in [3.05, 3.63) is 0 Å². The van der Waals surface area contributed by atoms with Gasteiger partial charge < -0.3 is 10.5 Å². The molecule has 0 aliphatic rings. The van der Waals surface area contributed by atoms with E-state index in [1.54, 1.807) is 0 Å². The monoisotopic (exact) mass is 254 g/mol. The van der Waals surface area contributed by atoms with Gasteiger partial charge in [0.1, 0.15) is 6.04 Å². The minimum Gasteiger partial charge on any atom is -0.392 e. The number of nitrogens with two attached hydrogens (primary N) is 1. The second kappa shape index (κ2) is 12.2. The van der Waals surface area contributed by atoms with Gasteiger partial charge in [-0.3, -0.25) is 4.79 Å². The van der Waals surface area contributed by atoms with Crippen LogP contribution in [-0.2, 0) is 14.3 Å². The van der Waals surface area contributed by atoms with Crippen molar-refractivity contribution >= 4 is 63.3 Å². The Balaban J connectivity index is 0. The molecule has 0 unspecified atom stereocenters. The van der Waals surface area contributed by atoms with Crippen molar-refractivity contribution in [1.82, 2.24) is 0 Å². The quantitative estimate of drug-likeness (QED) is 0.322. The Morgan fingerprint density at radius 2 is 1.75 bits per heavy atom. The minimum atomic E-state index is -0.728. The molecule has 0 amide bonds. The van der Waals surface area contributed by atoms with Gasteiger partial charge in [-0.25, -0.2) is 4.79 Å². The summed E-state index contributed by atoms with van der Waals surface area (Å²) in [7, 11) is 0. The first-order valence-corrected chi connectivity index (χ1v) is 5.58. The fourth-order valence-corrected chi connectivity index (χ4v) is 1.13. The van der Waals surface area contributed by atoms with E-state index in [9.17, 15) is 9.59 Å². The zero-order valence-electron chi connectivity index (χ0n) is 10.6. The van der Waals surface area contributed by atoms with Gasteiger partial charge in [0, 0.05) is 57.8 Å². The van der Waals surface area contributed by atoms with E-state index in [1.807, 2.05) is 0 Å². The summed E-state index contributed by atoms with van der Waals surface area (Å²) in [5.74, 6) is -1.11. The summed E-state index contributed by atoms with van der Waals surface area (Å²) in [4.78, 5) is 22.0. The van der Waals surface area contributed by atoms with Crippen LogP contribution in [0.1, 0.15) is 52.4 Å². The number of carbonyl (C=O) groups is 2. The van der Waals surface area contributed by atoms with Gasteiger partial charge >= 0.3 is 11.9 Å². The van der Waals surface area contributed by atoms with Crippen LogP contribution in [0.4, 0.5) is 0 Å². The summed E-state index contributed by atoms with van der Waals surface area (Å²) in [6.07, 6.45) is 5.59. The second-order valence-corrected chi connectivity index (χ2v) is 3.75. The third kappa shape index (κ3) is 11.2. The molecule has 0 aromatic rings. The topological polar surface area (TPSA) is 69.4 Å². The molecule has 0 aromatic heterocycles. The average Bonchev–Trinajstić information content (AvgIpc) is 2.17. The van der Waals surface area contributed by atoms with Crippen molar-refractivity contribution < 1.29 is 14.3 Å². The number of carbonyl (C=O) groups excluding carboxylic acids is 2. The molecule has 5 heteroatoms. The van der Waals surface area contributed by atoms with Crippen LogP contribution in [0.3, 0.4) is 0 Å². The van der Waals surface area contributed by atoms with Crippen LogP contribution in [0.25, 0.3) is 0 Å². The Kier molecular flexibility index (Phi) is 14.6. The van der Waals surface area contributed by atoms with E-state index in [1.165, 1.54) is 19.8 Å². The standard InChI is InChI=1S/C11H21NO3.K/c1-3-4-5-6-7-8-10(13)15-11(14)9(2)12;/h9H,3-8,12H2,1-2H3;/t9-;/m0./s1. The van der Waals surface area contributed by atoms with E-state index in [2.05, 4.69) is 11.7 Å². The Labute approximate surface area is 140 Å². The van der Waals surface area contributed by atoms with Crippen molar-refractivity contribution in [2.45, 2.75) is 58.4 Å². The number of rotatable bonds is 7. The van der Waals surface area contributed by atoms with Crippen LogP contribution in [0.2, 0.25) is 0 Å². The first-order valence-electron chi connectivity index (χ1n) is 5.58. The van der Waals surface area contributed by atoms with E-state index in [4.69, 9.17) is 5.73 Å². The van der Waals surface area contributed by atoms with Gasteiger partial charge in [-0.05, 0) is 13.3 Å². The fourth-order valence-electron chi connectivity index (χ4n) is 1.13. The third-order valence-corrected chi connectivity index (χ3v) is 2.07. The third-order valence-electron chi connectivity index (χ3n) is 2.07. The Hall–Kier alpha value is 0.736. The van der Waals surface area contributed by atoms with Gasteiger partial charge in [-0.2, -0.15) is 0 Å². The maximum atomic E-state index is 11.1. The molecule has 16 heavy (non-hydrogen) atoms. The van der Waals surface area contributed by atoms with E-state index in [-0.39, 0.29) is 51.4 Å². The molecule has 0 heterocycles. The van der Waals surface area contributed by atoms with E-state index in [0.29, 0.717) is 6.42 Å². The van der Waals surface area contributed by atoms with Crippen LogP contribution in [0, 0.1) is 0 Å². The molecule has 1 radical (unpaired) electrons. The Morgan fingerprint density at radius 3 is 2.25 bits per heavy atom. The Morgan fingerprint density at radius 1 is 1.19 bits per heavy atom. The van der Waals surface area contributed by atoms with Crippen molar-refractivity contribution in [2.24, 2.45) is 5.73 Å². The summed E-state index contributed by atoms with van der Waals surface area (Å²) in [6.45, 7) is 3.63. The summed E-state index contributed by atoms with van der Waals surface area (Å²) in [6, 6.07) is -0.728. The van der Waals surface area contributed by atoms with Crippen LogP contribution < -0.4 is 5.73 Å². The van der Waals surface area contributed by atoms with E-state index in [0.717, 1.165) is 19.3 Å². The van der Waals surface area contributed by atoms with Gasteiger partial charge in [0.2, 0.25) is 0 Å². The number of esters is 2. The maximum absolute atomic E-state index is 11.1. The summed E-state index contributed by atoms with van der Waals surface area (Å²) in [5, 5.41) is 0. The number of hydrogen-bond acceptors (Lipinski definition) is 4. The number of hydrogen-bond donors (Lipinski definition) is 1. The van der Waals surface area contributed by atoms with Gasteiger partial charge in [-0.1, -0.05) is 32.6 Å². The average molecular weight is 254 g/mol. The molecule has 0 aliphatic heterocycles. The molecule has 1 atom stereocenters. The first-order chi connectivity index (χ1) is 7.07. The first kappa shape index (κ1) is 19.1. The number of ether oxygens (including phenoxy) is 1. The second-order valence-electron chi connectivity index (χ2n) is 3.75. The normalized spacial score (nSPS) is 11.4. The molecule has 0 bridgehead atoms. The van der Waals surface area contributed by atoms with Crippen LogP contribution in [0.15, 0.2) is 0 Å². The predicted octanol–water partition coefficient (Wildman–Crippen LogP) is 1.38. The minimum absolute atomic E-state index is 0. The molecule has 0 rings (SSSR count). The van der Waals surface area contributed by atoms with Crippen LogP contribution in [0.5, 0.6) is 0 Å². The predicted molar refractivity (Wildman–Crippen MR) is 63.9 cm³/mol. The Bertz CT molecular complexity index is 207. The molecule has 0 spiro atoms. The van der Waals surface area contributed by atoms with E-state index < -0.39 is 18.0 Å². The van der Waals surface area contributed by atoms with Crippen molar-refractivity contribution in [3.63, 3.8) is 0 Å². The van der Waals surface area contributed by atoms with Gasteiger partial charge in [0.15, 0.2) is 0 Å².